The van der Waals surface area contributed by atoms with Crippen LogP contribution in [0.1, 0.15) is 266 Å². The van der Waals surface area contributed by atoms with E-state index in [0.29, 0.717) is 57.0 Å². The Morgan fingerprint density at radius 1 is 0.368 bits per heavy atom. The molecule has 0 saturated carbocycles. The van der Waals surface area contributed by atoms with Gasteiger partial charge in [-0.25, -0.2) is 0 Å². The third-order valence-electron chi connectivity index (χ3n) is 21.8. The van der Waals surface area contributed by atoms with Crippen molar-refractivity contribution in [2.75, 3.05) is 228 Å². The lowest BCUT2D eigenvalue weighted by Gasteiger charge is -2.41. The van der Waals surface area contributed by atoms with Crippen molar-refractivity contribution in [2.24, 2.45) is 0 Å². The van der Waals surface area contributed by atoms with E-state index in [1.807, 2.05) is 7.11 Å². The molecule has 0 aromatic heterocycles. The average molecular weight is 1520 g/mol. The highest BCUT2D eigenvalue weighted by Crippen LogP contribution is 2.28. The van der Waals surface area contributed by atoms with Crippen LogP contribution in [0.25, 0.3) is 0 Å². The van der Waals surface area contributed by atoms with Crippen LogP contribution in [0.4, 0.5) is 0 Å². The van der Waals surface area contributed by atoms with Crippen molar-refractivity contribution in [3.63, 3.8) is 0 Å². The Morgan fingerprint density at radius 3 is 1.05 bits per heavy atom. The lowest BCUT2D eigenvalue weighted by atomic mass is 9.99. The third kappa shape index (κ3) is 53.3. The Balaban J connectivity index is -0.00000111. The second kappa shape index (κ2) is 53.4. The number of aliphatic hydroxyl groups excluding tert-OH is 1. The summed E-state index contributed by atoms with van der Waals surface area (Å²) in [6.07, 6.45) is 10.2. The van der Waals surface area contributed by atoms with Crippen LogP contribution in [0.3, 0.4) is 0 Å². The molecule has 19 nitrogen and oxygen atoms in total. The maximum absolute atomic E-state index is 9.27. The van der Waals surface area contributed by atoms with Gasteiger partial charge in [0.25, 0.3) is 0 Å². The predicted molar refractivity (Wildman–Crippen MR) is 460 cm³/mol. The normalized spacial score (nSPS) is 21.4. The SMILES string of the molecule is CC(C)(C)N1CCC(O)CC1.CC(C)(C)N1CCCOCC1.CC(C)(C)N1CCOCC1.CCN(CCOC)C(C)(C)C.CN(C)C(C)(C)C.CN1CCN(C(C)(C)C)CC1.COC1CCN(C(C)(C)C)C1.COC1CCN(C(C)(C)C)CC1.COCC1CCCN1C(C)(C)C.COCCN(C)C(C)(C)C. The number of piperazine rings is 1. The quantitative estimate of drug-likeness (QED) is 0.211. The summed E-state index contributed by atoms with van der Waals surface area (Å²) < 4.78 is 36.5. The van der Waals surface area contributed by atoms with E-state index < -0.39 is 0 Å². The van der Waals surface area contributed by atoms with Crippen LogP contribution in [-0.2, 0) is 33.2 Å². The van der Waals surface area contributed by atoms with Crippen molar-refractivity contribution < 1.29 is 38.3 Å². The lowest BCUT2D eigenvalue weighted by molar-refractivity contribution is -0.00389. The second-order valence-corrected chi connectivity index (χ2v) is 40.6. The highest BCUT2D eigenvalue weighted by atomic mass is 16.5. The molecule has 0 aromatic rings. The molecular weight excluding hydrogens is 1330 g/mol. The maximum atomic E-state index is 9.27. The topological polar surface area (TPSA) is 120 Å². The summed E-state index contributed by atoms with van der Waals surface area (Å²) >= 11 is 0. The van der Waals surface area contributed by atoms with Gasteiger partial charge in [0, 0.05) is 208 Å². The number of hydrogen-bond acceptors (Lipinski definition) is 19. The zero-order chi connectivity index (χ0) is 82.9. The van der Waals surface area contributed by atoms with E-state index in [1.54, 1.807) is 28.4 Å². The van der Waals surface area contributed by atoms with E-state index in [0.717, 1.165) is 118 Å². The molecule has 0 amide bonds. The molecule has 7 aliphatic heterocycles. The van der Waals surface area contributed by atoms with E-state index in [-0.39, 0.29) is 22.7 Å². The maximum Gasteiger partial charge on any atom is 0.0710 e. The standard InChI is InChI=1S/2C10H21NO.C9H20N2.3C9H19NO.C9H21NO.C8H17NO.C8H19NO.C6H15N/c1-10(2,3)11-7-5-9(12-4)6-8-11;1-10(2,3)11-7-5-6-9(11)8-12-4;1-9(2,3)11-7-5-10(4)6-8-11;1-9(2,3)10-6-5-8(7-10)11-4;1-9(2,3)10-6-4-8(11)5-7-10;1-9(2,3)10-5-4-7-11-8-6-10;1-6-10(7-8-11-5)9(2,3)4;1-8(2,3)9-4-6-10-7-5-9;1-8(2,3)9(4)6-7-10-5;1-6(2,3)7(4)5/h2*9H,5-8H2,1-4H3;5-8H2,1-4H3;8H,5-7H2,1-4H3;8,11H,4-7H2,1-3H3;4-8H2,1-3H3;6-8H2,1-5H3;4-7H2,1-3H3;6-7H2,1-5H3;1-5H3. The fraction of sp³-hybridized carbons (Fsp3) is 1.00. The number of aliphatic hydroxyl groups is 1. The van der Waals surface area contributed by atoms with Crippen molar-refractivity contribution >= 4 is 0 Å². The number of rotatable bonds is 11. The number of likely N-dealkylation sites (tertiary alicyclic amines) is 4. The first-order valence-corrected chi connectivity index (χ1v) is 41.7. The molecular formula is C87H191N11O8. The van der Waals surface area contributed by atoms with Crippen LogP contribution in [0, 0.1) is 0 Å². The largest absolute Gasteiger partial charge is 0.393 e. The molecule has 2 unspecified atom stereocenters. The lowest BCUT2D eigenvalue weighted by Crippen LogP contribution is -2.52. The molecule has 0 spiro atoms. The number of nitrogens with zero attached hydrogens (tertiary/aromatic N) is 11. The van der Waals surface area contributed by atoms with Gasteiger partial charge in [-0.1, -0.05) is 6.92 Å². The number of hydrogen-bond donors (Lipinski definition) is 1. The average Bonchev–Trinajstić information content (AvgIpc) is 1.64. The first kappa shape index (κ1) is 109. The monoisotopic (exact) mass is 1520 g/mol. The fourth-order valence-corrected chi connectivity index (χ4v) is 12.8. The molecule has 7 saturated heterocycles. The van der Waals surface area contributed by atoms with Gasteiger partial charge < -0.3 is 48.1 Å². The minimum absolute atomic E-state index is 0.0476. The van der Waals surface area contributed by atoms with E-state index in [9.17, 15) is 5.11 Å². The van der Waals surface area contributed by atoms with Crippen molar-refractivity contribution in [1.29, 1.82) is 0 Å². The number of piperidine rings is 2. The fourth-order valence-electron chi connectivity index (χ4n) is 12.8. The zero-order valence-electron chi connectivity index (χ0n) is 78.9. The summed E-state index contributed by atoms with van der Waals surface area (Å²) in [5.74, 6) is 0. The molecule has 19 heteroatoms. The van der Waals surface area contributed by atoms with E-state index in [4.69, 9.17) is 33.2 Å². The molecule has 0 radical (unpaired) electrons. The van der Waals surface area contributed by atoms with Crippen LogP contribution in [0.15, 0.2) is 0 Å². The molecule has 7 aliphatic rings. The van der Waals surface area contributed by atoms with Crippen molar-refractivity contribution in [3.8, 4) is 0 Å². The summed E-state index contributed by atoms with van der Waals surface area (Å²) in [5.41, 5.74) is 3.09. The Hall–Kier alpha value is -0.760. The second-order valence-electron chi connectivity index (χ2n) is 40.6. The Kier molecular flexibility index (Phi) is 55.1. The molecule has 1 N–H and O–H groups in total. The third-order valence-corrected chi connectivity index (χ3v) is 21.8. The molecule has 7 fully saturated rings. The van der Waals surface area contributed by atoms with Gasteiger partial charge in [-0.15, -0.1) is 0 Å². The van der Waals surface area contributed by atoms with Crippen molar-refractivity contribution in [2.45, 2.75) is 346 Å². The van der Waals surface area contributed by atoms with E-state index in [2.05, 4.69) is 297 Å². The zero-order valence-corrected chi connectivity index (χ0v) is 78.9. The number of morpholine rings is 1. The minimum Gasteiger partial charge on any atom is -0.393 e. The Bertz CT molecular complexity index is 1970. The molecule has 0 aromatic carbocycles. The first-order chi connectivity index (χ1) is 48.3. The van der Waals surface area contributed by atoms with Crippen LogP contribution >= 0.6 is 0 Å². The van der Waals surface area contributed by atoms with Gasteiger partial charge in [-0.05, 0) is 300 Å². The Morgan fingerprint density at radius 2 is 0.726 bits per heavy atom. The molecule has 7 heterocycles. The van der Waals surface area contributed by atoms with Gasteiger partial charge in [0.2, 0.25) is 0 Å². The van der Waals surface area contributed by atoms with Gasteiger partial charge in [0.15, 0.2) is 0 Å². The van der Waals surface area contributed by atoms with Gasteiger partial charge in [0.05, 0.1) is 58.0 Å². The van der Waals surface area contributed by atoms with Crippen molar-refractivity contribution in [3.05, 3.63) is 0 Å². The minimum atomic E-state index is -0.0476. The van der Waals surface area contributed by atoms with Gasteiger partial charge in [-0.2, -0.15) is 0 Å². The highest BCUT2D eigenvalue weighted by molar-refractivity contribution is 4.90. The molecule has 0 bridgehead atoms. The summed E-state index contributed by atoms with van der Waals surface area (Å²) in [6, 6.07) is 0.648. The molecule has 642 valence electrons. The summed E-state index contributed by atoms with van der Waals surface area (Å²) in [7, 11) is 17.4. The number of likely N-dealkylation sites (N-methyl/N-ethyl adjacent to an activating group) is 3. The summed E-state index contributed by atoms with van der Waals surface area (Å²) in [6.45, 7) is 96.1. The van der Waals surface area contributed by atoms with Gasteiger partial charge in [0.1, 0.15) is 0 Å². The predicted octanol–water partition coefficient (Wildman–Crippen LogP) is 14.7. The smallest absolute Gasteiger partial charge is 0.0710 e. The Labute approximate surface area is 662 Å². The number of ether oxygens (including phenoxy) is 7. The van der Waals surface area contributed by atoms with Crippen LogP contribution < -0.4 is 0 Å². The van der Waals surface area contributed by atoms with E-state index >= 15 is 0 Å². The van der Waals surface area contributed by atoms with Gasteiger partial charge in [-0.3, -0.25) is 44.1 Å². The van der Waals surface area contributed by atoms with Gasteiger partial charge >= 0.3 is 0 Å². The highest BCUT2D eigenvalue weighted by Gasteiger charge is 2.34. The summed E-state index contributed by atoms with van der Waals surface area (Å²) in [4.78, 5) is 26.7. The molecule has 0 aliphatic carbocycles. The van der Waals surface area contributed by atoms with Crippen LogP contribution in [0.5, 0.6) is 0 Å². The van der Waals surface area contributed by atoms with Crippen LogP contribution in [-0.4, -0.2) is 367 Å². The molecule has 7 rings (SSSR count). The van der Waals surface area contributed by atoms with Crippen molar-refractivity contribution in [1.82, 2.24) is 53.9 Å². The molecule has 2 atom stereocenters. The first-order valence-electron chi connectivity index (χ1n) is 41.7. The van der Waals surface area contributed by atoms with E-state index in [1.165, 1.54) is 97.4 Å². The van der Waals surface area contributed by atoms with Crippen LogP contribution in [0.2, 0.25) is 0 Å². The summed E-state index contributed by atoms with van der Waals surface area (Å²) in [5, 5.41) is 9.27. The molecule has 106 heavy (non-hydrogen) atoms. The number of methoxy groups -OCH3 is 5.